The van der Waals surface area contributed by atoms with Gasteiger partial charge in [-0.05, 0) is 35.1 Å². The van der Waals surface area contributed by atoms with Gasteiger partial charge < -0.3 is 0 Å². The fraction of sp³-hybridized carbons (Fsp3) is 0.412. The van der Waals surface area contributed by atoms with E-state index in [1.807, 2.05) is 12.1 Å². The van der Waals surface area contributed by atoms with Crippen LogP contribution in [0.4, 0.5) is 0 Å². The number of hydrogen-bond donors (Lipinski definition) is 0. The molecular formula is C17H22N2O4S3. The highest BCUT2D eigenvalue weighted by atomic mass is 32.2. The summed E-state index contributed by atoms with van der Waals surface area (Å²) in [6.07, 6.45) is 0. The summed E-state index contributed by atoms with van der Waals surface area (Å²) in [6.45, 7) is 4.72. The molecule has 0 spiro atoms. The molecule has 3 rings (SSSR count). The van der Waals surface area contributed by atoms with E-state index in [0.29, 0.717) is 5.92 Å². The first kappa shape index (κ1) is 19.5. The Morgan fingerprint density at radius 1 is 0.846 bits per heavy atom. The molecule has 0 unspecified atom stereocenters. The summed E-state index contributed by atoms with van der Waals surface area (Å²) in [5.74, 6) is 0.331. The SMILES string of the molecule is CC(C)c1ccc(S(=O)(=O)N2CCN(S(=O)(=O)c3cccs3)CC2)cc1. The van der Waals surface area contributed by atoms with Crippen LogP contribution in [0.25, 0.3) is 0 Å². The third-order valence-electron chi connectivity index (χ3n) is 4.47. The zero-order valence-electron chi connectivity index (χ0n) is 14.7. The maximum absolute atomic E-state index is 12.8. The Hall–Kier alpha value is -1.26. The number of benzene rings is 1. The highest BCUT2D eigenvalue weighted by Crippen LogP contribution is 2.25. The molecule has 0 N–H and O–H groups in total. The van der Waals surface area contributed by atoms with Gasteiger partial charge in [0.1, 0.15) is 4.21 Å². The molecule has 2 aromatic rings. The van der Waals surface area contributed by atoms with Crippen LogP contribution in [0.15, 0.2) is 50.9 Å². The largest absolute Gasteiger partial charge is 0.252 e. The van der Waals surface area contributed by atoms with Crippen LogP contribution in [-0.4, -0.2) is 51.6 Å². The molecule has 0 aliphatic carbocycles. The van der Waals surface area contributed by atoms with Gasteiger partial charge in [-0.15, -0.1) is 11.3 Å². The van der Waals surface area contributed by atoms with Crippen molar-refractivity contribution in [1.29, 1.82) is 0 Å². The monoisotopic (exact) mass is 414 g/mol. The summed E-state index contributed by atoms with van der Waals surface area (Å²) in [6, 6.07) is 10.2. The van der Waals surface area contributed by atoms with Gasteiger partial charge in [0, 0.05) is 26.2 Å². The van der Waals surface area contributed by atoms with Crippen molar-refractivity contribution in [1.82, 2.24) is 8.61 Å². The third-order valence-corrected chi connectivity index (χ3v) is 9.66. The molecule has 9 heteroatoms. The average molecular weight is 415 g/mol. The zero-order chi connectivity index (χ0) is 18.9. The number of rotatable bonds is 5. The summed E-state index contributed by atoms with van der Waals surface area (Å²) in [5, 5.41) is 1.72. The molecule has 142 valence electrons. The summed E-state index contributed by atoms with van der Waals surface area (Å²) < 4.78 is 53.7. The number of nitrogens with zero attached hydrogens (tertiary/aromatic N) is 2. The third kappa shape index (κ3) is 3.72. The standard InChI is InChI=1S/C17H22N2O4S3/c1-14(2)15-5-7-16(8-6-15)25(20,21)18-9-11-19(12-10-18)26(22,23)17-4-3-13-24-17/h3-8,13-14H,9-12H2,1-2H3. The lowest BCUT2D eigenvalue weighted by Gasteiger charge is -2.33. The first-order valence-corrected chi connectivity index (χ1v) is 12.1. The summed E-state index contributed by atoms with van der Waals surface area (Å²) in [4.78, 5) is 0.247. The molecule has 1 saturated heterocycles. The molecule has 0 radical (unpaired) electrons. The molecule has 1 aliphatic heterocycles. The molecule has 0 atom stereocenters. The maximum Gasteiger partial charge on any atom is 0.252 e. The van der Waals surface area contributed by atoms with Gasteiger partial charge in [-0.25, -0.2) is 16.8 Å². The molecule has 0 saturated carbocycles. The molecule has 1 aliphatic rings. The second kappa shape index (κ2) is 7.40. The lowest BCUT2D eigenvalue weighted by molar-refractivity contribution is 0.273. The normalized spacial score (nSPS) is 17.7. The van der Waals surface area contributed by atoms with Gasteiger partial charge in [0.05, 0.1) is 4.90 Å². The second-order valence-electron chi connectivity index (χ2n) is 6.46. The summed E-state index contributed by atoms with van der Waals surface area (Å²) >= 11 is 1.17. The van der Waals surface area contributed by atoms with Crippen molar-refractivity contribution < 1.29 is 16.8 Å². The maximum atomic E-state index is 12.8. The molecule has 0 amide bonds. The molecule has 2 heterocycles. The van der Waals surface area contributed by atoms with Gasteiger partial charge in [0.15, 0.2) is 0 Å². The van der Waals surface area contributed by atoms with Crippen LogP contribution in [0, 0.1) is 0 Å². The number of hydrogen-bond acceptors (Lipinski definition) is 5. The van der Waals surface area contributed by atoms with Crippen molar-refractivity contribution in [3.05, 3.63) is 47.3 Å². The predicted octanol–water partition coefficient (Wildman–Crippen LogP) is 2.57. The van der Waals surface area contributed by atoms with Crippen molar-refractivity contribution in [2.24, 2.45) is 0 Å². The van der Waals surface area contributed by atoms with E-state index >= 15 is 0 Å². The number of thiophene rings is 1. The smallest absolute Gasteiger partial charge is 0.207 e. The Bertz CT molecular complexity index is 942. The second-order valence-corrected chi connectivity index (χ2v) is 11.5. The lowest BCUT2D eigenvalue weighted by Crippen LogP contribution is -2.50. The van der Waals surface area contributed by atoms with Gasteiger partial charge in [0.2, 0.25) is 10.0 Å². The first-order valence-electron chi connectivity index (χ1n) is 8.36. The summed E-state index contributed by atoms with van der Waals surface area (Å²) in [5.41, 5.74) is 1.08. The van der Waals surface area contributed by atoms with E-state index in [2.05, 4.69) is 13.8 Å². The molecule has 1 fully saturated rings. The minimum atomic E-state index is -3.61. The topological polar surface area (TPSA) is 74.8 Å². The molecule has 26 heavy (non-hydrogen) atoms. The Morgan fingerprint density at radius 2 is 1.38 bits per heavy atom. The van der Waals surface area contributed by atoms with E-state index in [1.54, 1.807) is 29.6 Å². The van der Waals surface area contributed by atoms with Crippen LogP contribution in [-0.2, 0) is 20.0 Å². The van der Waals surface area contributed by atoms with E-state index in [1.165, 1.54) is 19.9 Å². The number of piperazine rings is 1. The van der Waals surface area contributed by atoms with Crippen LogP contribution in [0.1, 0.15) is 25.3 Å². The fourth-order valence-electron chi connectivity index (χ4n) is 2.86. The molecule has 1 aromatic carbocycles. The Kier molecular flexibility index (Phi) is 5.55. The van der Waals surface area contributed by atoms with Crippen molar-refractivity contribution in [2.75, 3.05) is 26.2 Å². The van der Waals surface area contributed by atoms with Crippen LogP contribution >= 0.6 is 11.3 Å². The van der Waals surface area contributed by atoms with Gasteiger partial charge in [-0.1, -0.05) is 32.0 Å². The van der Waals surface area contributed by atoms with Crippen LogP contribution in [0.2, 0.25) is 0 Å². The van der Waals surface area contributed by atoms with E-state index < -0.39 is 20.0 Å². The van der Waals surface area contributed by atoms with Crippen molar-refractivity contribution in [3.8, 4) is 0 Å². The quantitative estimate of drug-likeness (QED) is 0.754. The predicted molar refractivity (Wildman–Crippen MR) is 102 cm³/mol. The highest BCUT2D eigenvalue weighted by molar-refractivity contribution is 7.91. The van der Waals surface area contributed by atoms with Crippen molar-refractivity contribution in [2.45, 2.75) is 28.9 Å². The van der Waals surface area contributed by atoms with Gasteiger partial charge >= 0.3 is 0 Å². The van der Waals surface area contributed by atoms with Crippen LogP contribution in [0.3, 0.4) is 0 Å². The van der Waals surface area contributed by atoms with E-state index in [9.17, 15) is 16.8 Å². The van der Waals surface area contributed by atoms with Gasteiger partial charge in [-0.2, -0.15) is 8.61 Å². The zero-order valence-corrected chi connectivity index (χ0v) is 17.1. The van der Waals surface area contributed by atoms with Crippen molar-refractivity contribution >= 4 is 31.4 Å². The van der Waals surface area contributed by atoms with E-state index in [-0.39, 0.29) is 35.3 Å². The van der Waals surface area contributed by atoms with Crippen molar-refractivity contribution in [3.63, 3.8) is 0 Å². The minimum absolute atomic E-state index is 0.152. The Labute approximate surface area is 159 Å². The van der Waals surface area contributed by atoms with E-state index in [0.717, 1.165) is 5.56 Å². The molecule has 0 bridgehead atoms. The molecular weight excluding hydrogens is 392 g/mol. The first-order chi connectivity index (χ1) is 12.2. The van der Waals surface area contributed by atoms with Gasteiger partial charge in [0.25, 0.3) is 10.0 Å². The molecule has 6 nitrogen and oxygen atoms in total. The Balaban J connectivity index is 1.73. The summed E-state index contributed by atoms with van der Waals surface area (Å²) in [7, 11) is -7.15. The van der Waals surface area contributed by atoms with Crippen LogP contribution in [0.5, 0.6) is 0 Å². The number of sulfonamides is 2. The Morgan fingerprint density at radius 3 is 1.85 bits per heavy atom. The average Bonchev–Trinajstić information content (AvgIpc) is 3.17. The lowest BCUT2D eigenvalue weighted by atomic mass is 10.0. The fourth-order valence-corrected chi connectivity index (χ4v) is 6.85. The minimum Gasteiger partial charge on any atom is -0.207 e. The van der Waals surface area contributed by atoms with Gasteiger partial charge in [-0.3, -0.25) is 0 Å². The van der Waals surface area contributed by atoms with E-state index in [4.69, 9.17) is 0 Å². The molecule has 1 aromatic heterocycles. The highest BCUT2D eigenvalue weighted by Gasteiger charge is 2.34. The van der Waals surface area contributed by atoms with Crippen LogP contribution < -0.4 is 0 Å².